The Bertz CT molecular complexity index is 1260. The van der Waals surface area contributed by atoms with Gasteiger partial charge < -0.3 is 15.8 Å². The molecule has 8 nitrogen and oxygen atoms in total. The number of rotatable bonds is 6. The number of nitrogens with zero attached hydrogens (tertiary/aromatic N) is 4. The highest BCUT2D eigenvalue weighted by molar-refractivity contribution is 7.22. The zero-order chi connectivity index (χ0) is 22.1. The number of nitrogens with one attached hydrogen (secondary N) is 1. The molecule has 3 aromatic heterocycles. The van der Waals surface area contributed by atoms with Crippen molar-refractivity contribution in [3.8, 4) is 17.0 Å². The monoisotopic (exact) mass is 448 g/mol. The summed E-state index contributed by atoms with van der Waals surface area (Å²) in [5, 5.41) is 8.83. The zero-order valence-corrected chi connectivity index (χ0v) is 18.5. The molecule has 1 aliphatic carbocycles. The van der Waals surface area contributed by atoms with Crippen molar-refractivity contribution in [2.24, 2.45) is 12.8 Å². The molecule has 164 valence electrons. The summed E-state index contributed by atoms with van der Waals surface area (Å²) in [5.41, 5.74) is 8.92. The number of para-hydroxylation sites is 1. The lowest BCUT2D eigenvalue weighted by molar-refractivity contribution is 0.0983. The third-order valence-corrected chi connectivity index (χ3v) is 6.70. The van der Waals surface area contributed by atoms with Crippen LogP contribution in [0, 0.1) is 0 Å². The second kappa shape index (κ2) is 8.58. The predicted molar refractivity (Wildman–Crippen MR) is 125 cm³/mol. The highest BCUT2D eigenvalue weighted by Gasteiger charge is 2.25. The van der Waals surface area contributed by atoms with E-state index < -0.39 is 5.91 Å². The van der Waals surface area contributed by atoms with Crippen LogP contribution in [-0.4, -0.2) is 37.8 Å². The Morgan fingerprint density at radius 2 is 2.06 bits per heavy atom. The summed E-state index contributed by atoms with van der Waals surface area (Å²) in [4.78, 5) is 20.7. The first-order valence-corrected chi connectivity index (χ1v) is 11.4. The number of amides is 1. The molecule has 1 amide bonds. The van der Waals surface area contributed by atoms with Gasteiger partial charge in [0.15, 0.2) is 5.13 Å². The summed E-state index contributed by atoms with van der Waals surface area (Å²) < 4.78 is 8.96. The number of hydrogen-bond donors (Lipinski definition) is 2. The third kappa shape index (κ3) is 4.16. The van der Waals surface area contributed by atoms with Gasteiger partial charge in [-0.1, -0.05) is 23.5 Å². The van der Waals surface area contributed by atoms with Crippen LogP contribution < -0.4 is 15.8 Å². The molecule has 0 atom stereocenters. The van der Waals surface area contributed by atoms with Gasteiger partial charge in [0.1, 0.15) is 11.7 Å². The second-order valence-electron chi connectivity index (χ2n) is 8.03. The number of carbonyl (C=O) groups excluding carboxylic acids is 1. The van der Waals surface area contributed by atoms with Crippen LogP contribution in [0.4, 0.5) is 5.13 Å². The van der Waals surface area contributed by atoms with E-state index in [1.54, 1.807) is 34.3 Å². The standard InChI is InChI=1S/C23H24N6O2S/c1-29-13-14(12-26-29)17-4-2-6-19-20(17)28-23(32-19)27-15-7-9-16(10-8-15)31-22-18(21(24)30)5-3-11-25-22/h2-6,11-13,15-16H,7-10H2,1H3,(H2,24,30)(H,27,28)/t15-,16-. The maximum atomic E-state index is 11.6. The molecule has 4 aromatic rings. The van der Waals surface area contributed by atoms with E-state index in [2.05, 4.69) is 33.6 Å². The number of anilines is 1. The van der Waals surface area contributed by atoms with Crippen molar-refractivity contribution in [1.82, 2.24) is 19.7 Å². The van der Waals surface area contributed by atoms with Crippen molar-refractivity contribution in [3.63, 3.8) is 0 Å². The normalized spacial score (nSPS) is 18.5. The van der Waals surface area contributed by atoms with Crippen LogP contribution in [0.5, 0.6) is 5.88 Å². The third-order valence-electron chi connectivity index (χ3n) is 5.75. The van der Waals surface area contributed by atoms with E-state index in [0.717, 1.165) is 52.2 Å². The quantitative estimate of drug-likeness (QED) is 0.462. The van der Waals surface area contributed by atoms with Gasteiger partial charge in [0.25, 0.3) is 5.91 Å². The van der Waals surface area contributed by atoms with E-state index in [1.165, 1.54) is 0 Å². The van der Waals surface area contributed by atoms with Gasteiger partial charge in [-0.05, 0) is 43.9 Å². The van der Waals surface area contributed by atoms with E-state index in [0.29, 0.717) is 17.5 Å². The summed E-state index contributed by atoms with van der Waals surface area (Å²) in [5.74, 6) is -0.199. The molecule has 3 N–H and O–H groups in total. The van der Waals surface area contributed by atoms with Gasteiger partial charge in [-0.2, -0.15) is 5.10 Å². The maximum absolute atomic E-state index is 11.6. The number of ether oxygens (including phenoxy) is 1. The lowest BCUT2D eigenvalue weighted by Crippen LogP contribution is -2.31. The molecule has 9 heteroatoms. The Hall–Kier alpha value is -3.46. The number of hydrogen-bond acceptors (Lipinski definition) is 7. The second-order valence-corrected chi connectivity index (χ2v) is 9.06. The molecule has 5 rings (SSSR count). The van der Waals surface area contributed by atoms with Crippen LogP contribution in [0.25, 0.3) is 21.3 Å². The zero-order valence-electron chi connectivity index (χ0n) is 17.7. The molecule has 0 unspecified atom stereocenters. The average Bonchev–Trinajstić information content (AvgIpc) is 3.40. The van der Waals surface area contributed by atoms with Gasteiger partial charge in [-0.25, -0.2) is 9.97 Å². The average molecular weight is 449 g/mol. The van der Waals surface area contributed by atoms with E-state index >= 15 is 0 Å². The van der Waals surface area contributed by atoms with E-state index in [4.69, 9.17) is 15.5 Å². The van der Waals surface area contributed by atoms with Gasteiger partial charge in [0, 0.05) is 36.6 Å². The summed E-state index contributed by atoms with van der Waals surface area (Å²) in [7, 11) is 1.92. The minimum absolute atomic E-state index is 0.0219. The van der Waals surface area contributed by atoms with Gasteiger partial charge >= 0.3 is 0 Å². The first-order valence-electron chi connectivity index (χ1n) is 10.6. The van der Waals surface area contributed by atoms with Crippen molar-refractivity contribution in [2.75, 3.05) is 5.32 Å². The molecule has 1 saturated carbocycles. The van der Waals surface area contributed by atoms with E-state index in [1.807, 2.05) is 19.4 Å². The number of primary amides is 1. The molecule has 0 bridgehead atoms. The Morgan fingerprint density at radius 3 is 2.81 bits per heavy atom. The van der Waals surface area contributed by atoms with Crippen LogP contribution in [0.2, 0.25) is 0 Å². The Morgan fingerprint density at radius 1 is 1.22 bits per heavy atom. The first-order chi connectivity index (χ1) is 15.6. The SMILES string of the molecule is Cn1cc(-c2cccc3sc(N[C@H]4CC[C@H](Oc5ncccc5C(N)=O)CC4)nc23)cn1. The number of thiazole rings is 1. The molecule has 0 radical (unpaired) electrons. The smallest absolute Gasteiger partial charge is 0.254 e. The Balaban J connectivity index is 1.24. The number of fused-ring (bicyclic) bond motifs is 1. The van der Waals surface area contributed by atoms with Crippen LogP contribution in [0.3, 0.4) is 0 Å². The molecule has 32 heavy (non-hydrogen) atoms. The molecule has 0 aliphatic heterocycles. The molecule has 1 fully saturated rings. The number of carbonyl (C=O) groups is 1. The highest BCUT2D eigenvalue weighted by Crippen LogP contribution is 2.35. The van der Waals surface area contributed by atoms with Gasteiger partial charge in [0.2, 0.25) is 5.88 Å². The number of aromatic nitrogens is 4. The molecular formula is C23H24N6O2S. The summed E-state index contributed by atoms with van der Waals surface area (Å²) in [6, 6.07) is 9.91. The van der Waals surface area contributed by atoms with Crippen LogP contribution in [0.15, 0.2) is 48.9 Å². The van der Waals surface area contributed by atoms with Crippen LogP contribution in [0.1, 0.15) is 36.0 Å². The fraction of sp³-hybridized carbons (Fsp3) is 0.304. The van der Waals surface area contributed by atoms with E-state index in [-0.39, 0.29) is 6.10 Å². The number of nitrogens with two attached hydrogens (primary N) is 1. The molecule has 0 saturated heterocycles. The lowest BCUT2D eigenvalue weighted by atomic mass is 9.93. The molecular weight excluding hydrogens is 424 g/mol. The summed E-state index contributed by atoms with van der Waals surface area (Å²) in [6.07, 6.45) is 9.16. The van der Waals surface area contributed by atoms with Crippen molar-refractivity contribution in [1.29, 1.82) is 0 Å². The van der Waals surface area contributed by atoms with E-state index in [9.17, 15) is 4.79 Å². The van der Waals surface area contributed by atoms with Crippen LogP contribution >= 0.6 is 11.3 Å². The molecule has 0 spiro atoms. The number of pyridine rings is 1. The Kier molecular flexibility index (Phi) is 5.48. The topological polar surface area (TPSA) is 108 Å². The highest BCUT2D eigenvalue weighted by atomic mass is 32.1. The summed E-state index contributed by atoms with van der Waals surface area (Å²) >= 11 is 1.67. The first kappa shape index (κ1) is 20.4. The lowest BCUT2D eigenvalue weighted by Gasteiger charge is -2.29. The maximum Gasteiger partial charge on any atom is 0.254 e. The largest absolute Gasteiger partial charge is 0.474 e. The van der Waals surface area contributed by atoms with Crippen LogP contribution in [-0.2, 0) is 7.05 Å². The van der Waals surface area contributed by atoms with Crippen molar-refractivity contribution < 1.29 is 9.53 Å². The number of benzene rings is 1. The van der Waals surface area contributed by atoms with Crippen molar-refractivity contribution in [3.05, 3.63) is 54.5 Å². The number of aryl methyl sites for hydroxylation is 1. The minimum Gasteiger partial charge on any atom is -0.474 e. The Labute approximate surface area is 189 Å². The fourth-order valence-corrected chi connectivity index (χ4v) is 5.10. The van der Waals surface area contributed by atoms with Crippen molar-refractivity contribution in [2.45, 2.75) is 37.8 Å². The predicted octanol–water partition coefficient (Wildman–Crippen LogP) is 3.99. The molecule has 1 aromatic carbocycles. The van der Waals surface area contributed by atoms with Crippen molar-refractivity contribution >= 4 is 32.6 Å². The fourth-order valence-electron chi connectivity index (χ4n) is 4.13. The van der Waals surface area contributed by atoms with Gasteiger partial charge in [-0.3, -0.25) is 9.48 Å². The molecule has 1 aliphatic rings. The molecule has 3 heterocycles. The minimum atomic E-state index is -0.523. The van der Waals surface area contributed by atoms with Gasteiger partial charge in [-0.15, -0.1) is 0 Å². The van der Waals surface area contributed by atoms with Gasteiger partial charge in [0.05, 0.1) is 16.4 Å². The summed E-state index contributed by atoms with van der Waals surface area (Å²) in [6.45, 7) is 0.